The Morgan fingerprint density at radius 2 is 1.65 bits per heavy atom. The van der Waals surface area contributed by atoms with Gasteiger partial charge in [0.1, 0.15) is 12.6 Å². The second kappa shape index (κ2) is 11.8. The van der Waals surface area contributed by atoms with Crippen molar-refractivity contribution in [2.45, 2.75) is 45.2 Å². The number of primary amides is 1. The van der Waals surface area contributed by atoms with Crippen molar-refractivity contribution in [3.63, 3.8) is 0 Å². The highest BCUT2D eigenvalue weighted by molar-refractivity contribution is 5.92. The molecular formula is C15H27N5O6. The molecule has 8 N–H and O–H groups in total. The number of aliphatic carboxylic acids is 1. The van der Waals surface area contributed by atoms with Crippen LogP contribution in [0.1, 0.15) is 33.1 Å². The molecule has 0 fully saturated rings. The highest BCUT2D eigenvalue weighted by Crippen LogP contribution is 2.06. The zero-order chi connectivity index (χ0) is 20.3. The normalized spacial score (nSPS) is 13.8. The Labute approximate surface area is 151 Å². The quantitative estimate of drug-likeness (QED) is 0.216. The molecule has 3 unspecified atom stereocenters. The molecule has 0 spiro atoms. The van der Waals surface area contributed by atoms with Gasteiger partial charge in [-0.3, -0.25) is 24.0 Å². The van der Waals surface area contributed by atoms with Gasteiger partial charge in [-0.05, 0) is 12.3 Å². The molecule has 0 heterocycles. The summed E-state index contributed by atoms with van der Waals surface area (Å²) in [6, 6.07) is -1.93. The maximum Gasteiger partial charge on any atom is 0.322 e. The van der Waals surface area contributed by atoms with Crippen LogP contribution in [-0.2, 0) is 24.0 Å². The Balaban J connectivity index is 4.76. The van der Waals surface area contributed by atoms with Crippen LogP contribution in [0.4, 0.5) is 0 Å². The standard InChI is InChI=1S/C15H27N5O6/c1-3-8(2)13(17)15(26)20-9(4-5-10(16)21)14(25)19-6-11(22)18-7-12(23)24/h8-9,13H,3-7,17H2,1-2H3,(H2,16,21)(H,18,22)(H,19,25)(H,20,26)(H,23,24). The van der Waals surface area contributed by atoms with Crippen LogP contribution < -0.4 is 27.4 Å². The maximum absolute atomic E-state index is 12.2. The van der Waals surface area contributed by atoms with Crippen LogP contribution in [0.25, 0.3) is 0 Å². The first-order valence-electron chi connectivity index (χ1n) is 8.18. The zero-order valence-corrected chi connectivity index (χ0v) is 14.9. The Morgan fingerprint density at radius 1 is 1.04 bits per heavy atom. The smallest absolute Gasteiger partial charge is 0.322 e. The zero-order valence-electron chi connectivity index (χ0n) is 14.9. The van der Waals surface area contributed by atoms with Crippen molar-refractivity contribution >= 4 is 29.6 Å². The van der Waals surface area contributed by atoms with E-state index in [0.29, 0.717) is 6.42 Å². The number of rotatable bonds is 12. The first-order chi connectivity index (χ1) is 12.1. The number of carboxylic acids is 1. The van der Waals surface area contributed by atoms with E-state index in [4.69, 9.17) is 16.6 Å². The van der Waals surface area contributed by atoms with Crippen molar-refractivity contribution in [3.05, 3.63) is 0 Å². The Kier molecular flexibility index (Phi) is 10.6. The summed E-state index contributed by atoms with van der Waals surface area (Å²) in [5, 5.41) is 15.3. The fraction of sp³-hybridized carbons (Fsp3) is 0.667. The average Bonchev–Trinajstić information content (AvgIpc) is 2.59. The molecule has 3 atom stereocenters. The minimum absolute atomic E-state index is 0.0587. The molecule has 148 valence electrons. The van der Waals surface area contributed by atoms with E-state index in [1.54, 1.807) is 6.92 Å². The van der Waals surface area contributed by atoms with Gasteiger partial charge in [0.2, 0.25) is 23.6 Å². The lowest BCUT2D eigenvalue weighted by Gasteiger charge is -2.22. The van der Waals surface area contributed by atoms with Crippen molar-refractivity contribution in [1.82, 2.24) is 16.0 Å². The molecule has 0 radical (unpaired) electrons. The van der Waals surface area contributed by atoms with E-state index >= 15 is 0 Å². The number of carbonyl (C=O) groups is 5. The molecule has 11 heteroatoms. The third-order valence-electron chi connectivity index (χ3n) is 3.73. The Morgan fingerprint density at radius 3 is 2.15 bits per heavy atom. The van der Waals surface area contributed by atoms with Crippen molar-refractivity contribution in [3.8, 4) is 0 Å². The molecule has 0 saturated heterocycles. The van der Waals surface area contributed by atoms with Gasteiger partial charge in [0, 0.05) is 6.42 Å². The summed E-state index contributed by atoms with van der Waals surface area (Å²) in [7, 11) is 0. The second-order valence-electron chi connectivity index (χ2n) is 5.87. The molecule has 0 aromatic heterocycles. The number of carboxylic acid groups (broad SMARTS) is 1. The van der Waals surface area contributed by atoms with E-state index in [1.807, 2.05) is 6.92 Å². The van der Waals surface area contributed by atoms with Crippen LogP contribution >= 0.6 is 0 Å². The van der Waals surface area contributed by atoms with E-state index in [9.17, 15) is 24.0 Å². The summed E-state index contributed by atoms with van der Waals surface area (Å²) in [6.45, 7) is 2.59. The highest BCUT2D eigenvalue weighted by Gasteiger charge is 2.26. The van der Waals surface area contributed by atoms with Gasteiger partial charge >= 0.3 is 5.97 Å². The molecule has 4 amide bonds. The summed E-state index contributed by atoms with van der Waals surface area (Å²) >= 11 is 0. The van der Waals surface area contributed by atoms with Crippen LogP contribution in [0, 0.1) is 5.92 Å². The number of carbonyl (C=O) groups excluding carboxylic acids is 4. The molecule has 0 rings (SSSR count). The van der Waals surface area contributed by atoms with Crippen molar-refractivity contribution in [2.75, 3.05) is 13.1 Å². The van der Waals surface area contributed by atoms with Gasteiger partial charge < -0.3 is 32.5 Å². The third kappa shape index (κ3) is 9.57. The van der Waals surface area contributed by atoms with Crippen LogP contribution in [0.15, 0.2) is 0 Å². The fourth-order valence-corrected chi connectivity index (χ4v) is 1.86. The van der Waals surface area contributed by atoms with E-state index in [-0.39, 0.29) is 18.8 Å². The van der Waals surface area contributed by atoms with Gasteiger partial charge in [-0.25, -0.2) is 0 Å². The first-order valence-corrected chi connectivity index (χ1v) is 8.18. The summed E-state index contributed by atoms with van der Waals surface area (Å²) < 4.78 is 0. The average molecular weight is 373 g/mol. The molecule has 0 saturated carbocycles. The fourth-order valence-electron chi connectivity index (χ4n) is 1.86. The monoisotopic (exact) mass is 373 g/mol. The second-order valence-corrected chi connectivity index (χ2v) is 5.87. The minimum Gasteiger partial charge on any atom is -0.480 e. The van der Waals surface area contributed by atoms with E-state index in [0.717, 1.165) is 0 Å². The lowest BCUT2D eigenvalue weighted by Crippen LogP contribution is -2.54. The van der Waals surface area contributed by atoms with E-state index < -0.39 is 54.8 Å². The Hall–Kier alpha value is -2.69. The maximum atomic E-state index is 12.2. The topological polar surface area (TPSA) is 194 Å². The van der Waals surface area contributed by atoms with Crippen molar-refractivity contribution in [1.29, 1.82) is 0 Å². The van der Waals surface area contributed by atoms with Gasteiger partial charge in [-0.2, -0.15) is 0 Å². The van der Waals surface area contributed by atoms with E-state index in [1.165, 1.54) is 0 Å². The molecule has 0 aromatic rings. The number of hydrogen-bond donors (Lipinski definition) is 6. The summed E-state index contributed by atoms with van der Waals surface area (Å²) in [5.41, 5.74) is 10.9. The molecule has 26 heavy (non-hydrogen) atoms. The number of hydrogen-bond acceptors (Lipinski definition) is 6. The first kappa shape index (κ1) is 23.3. The molecule has 0 aliphatic heterocycles. The predicted octanol–water partition coefficient (Wildman–Crippen LogP) is -2.57. The summed E-state index contributed by atoms with van der Waals surface area (Å²) in [6.07, 6.45) is 0.454. The summed E-state index contributed by atoms with van der Waals surface area (Å²) in [4.78, 5) is 57.1. The molecular weight excluding hydrogens is 346 g/mol. The Bertz CT molecular complexity index is 539. The molecule has 0 bridgehead atoms. The largest absolute Gasteiger partial charge is 0.480 e. The molecule has 0 aliphatic rings. The highest BCUT2D eigenvalue weighted by atomic mass is 16.4. The number of nitrogens with one attached hydrogen (secondary N) is 3. The minimum atomic E-state index is -1.23. The summed E-state index contributed by atoms with van der Waals surface area (Å²) in [5.74, 6) is -3.97. The lowest BCUT2D eigenvalue weighted by molar-refractivity contribution is -0.138. The van der Waals surface area contributed by atoms with Crippen molar-refractivity contribution < 1.29 is 29.1 Å². The van der Waals surface area contributed by atoms with Crippen LogP contribution in [0.2, 0.25) is 0 Å². The van der Waals surface area contributed by atoms with Gasteiger partial charge in [-0.15, -0.1) is 0 Å². The lowest BCUT2D eigenvalue weighted by atomic mass is 9.98. The van der Waals surface area contributed by atoms with Crippen LogP contribution in [0.5, 0.6) is 0 Å². The van der Waals surface area contributed by atoms with Gasteiger partial charge in [0.25, 0.3) is 0 Å². The van der Waals surface area contributed by atoms with Crippen molar-refractivity contribution in [2.24, 2.45) is 17.4 Å². The SMILES string of the molecule is CCC(C)C(N)C(=O)NC(CCC(N)=O)C(=O)NCC(=O)NCC(=O)O. The van der Waals surface area contributed by atoms with Gasteiger partial charge in [-0.1, -0.05) is 20.3 Å². The van der Waals surface area contributed by atoms with E-state index in [2.05, 4.69) is 16.0 Å². The van der Waals surface area contributed by atoms with Crippen LogP contribution in [-0.4, -0.2) is 59.9 Å². The van der Waals surface area contributed by atoms with Gasteiger partial charge in [0.15, 0.2) is 0 Å². The number of nitrogens with two attached hydrogens (primary N) is 2. The predicted molar refractivity (Wildman–Crippen MR) is 91.4 cm³/mol. The molecule has 0 aromatic carbocycles. The van der Waals surface area contributed by atoms with Crippen LogP contribution in [0.3, 0.4) is 0 Å². The third-order valence-corrected chi connectivity index (χ3v) is 3.73. The van der Waals surface area contributed by atoms with Gasteiger partial charge in [0.05, 0.1) is 12.6 Å². The molecule has 11 nitrogen and oxygen atoms in total. The molecule has 0 aliphatic carbocycles. The number of amides is 4.